The molecule has 0 aliphatic heterocycles. The van der Waals surface area contributed by atoms with Crippen molar-refractivity contribution in [1.82, 2.24) is 0 Å². The maximum absolute atomic E-state index is 11.5. The second-order valence-corrected chi connectivity index (χ2v) is 4.20. The van der Waals surface area contributed by atoms with Crippen LogP contribution in [0.25, 0.3) is 0 Å². The fraction of sp³-hybridized carbons (Fsp3) is 0.333. The Kier molecular flexibility index (Phi) is 4.57. The van der Waals surface area contributed by atoms with Gasteiger partial charge < -0.3 is 9.84 Å². The number of carbonyl (C=O) groups is 2. The van der Waals surface area contributed by atoms with Gasteiger partial charge >= 0.3 is 5.97 Å². The molecule has 0 aromatic heterocycles. The second kappa shape index (κ2) is 5.72. The van der Waals surface area contributed by atoms with Gasteiger partial charge in [-0.3, -0.25) is 4.79 Å². The quantitative estimate of drug-likeness (QED) is 0.496. The summed E-state index contributed by atoms with van der Waals surface area (Å²) >= 11 is 1.48. The lowest BCUT2D eigenvalue weighted by Crippen LogP contribution is -2.14. The van der Waals surface area contributed by atoms with Crippen molar-refractivity contribution in [2.75, 3.05) is 13.4 Å². The van der Waals surface area contributed by atoms with Crippen LogP contribution in [0.1, 0.15) is 22.8 Å². The molecule has 0 bridgehead atoms. The minimum atomic E-state index is -1.47. The molecule has 0 aliphatic rings. The molecule has 92 valence electrons. The number of thioether (sulfide) groups is 1. The molecule has 5 heteroatoms. The van der Waals surface area contributed by atoms with Gasteiger partial charge in [-0.1, -0.05) is 6.92 Å². The van der Waals surface area contributed by atoms with Gasteiger partial charge in [0.25, 0.3) is 5.78 Å². The number of carboxylic acids is 1. The SMILES string of the molecule is CCc1cc(OC)c(C(=O)C(=O)O)cc1SC. The van der Waals surface area contributed by atoms with Crippen molar-refractivity contribution in [3.05, 3.63) is 23.3 Å². The van der Waals surface area contributed by atoms with Crippen molar-refractivity contribution >= 4 is 23.5 Å². The Morgan fingerprint density at radius 2 is 2.06 bits per heavy atom. The number of rotatable bonds is 5. The summed E-state index contributed by atoms with van der Waals surface area (Å²) in [7, 11) is 1.42. The zero-order valence-corrected chi connectivity index (χ0v) is 10.8. The number of carbonyl (C=O) groups excluding carboxylic acids is 1. The van der Waals surface area contributed by atoms with E-state index in [0.717, 1.165) is 16.9 Å². The Bertz CT molecular complexity index is 454. The van der Waals surface area contributed by atoms with Gasteiger partial charge in [-0.25, -0.2) is 4.79 Å². The number of hydrogen-bond acceptors (Lipinski definition) is 4. The molecule has 1 aromatic carbocycles. The van der Waals surface area contributed by atoms with Crippen LogP contribution in [0, 0.1) is 0 Å². The Hall–Kier alpha value is -1.49. The molecule has 1 rings (SSSR count). The maximum Gasteiger partial charge on any atom is 0.377 e. The largest absolute Gasteiger partial charge is 0.496 e. The first kappa shape index (κ1) is 13.6. The fourth-order valence-corrected chi connectivity index (χ4v) is 2.23. The molecular weight excluding hydrogens is 240 g/mol. The summed E-state index contributed by atoms with van der Waals surface area (Å²) < 4.78 is 5.07. The van der Waals surface area contributed by atoms with Crippen LogP contribution in [0.3, 0.4) is 0 Å². The molecule has 0 unspecified atom stereocenters. The second-order valence-electron chi connectivity index (χ2n) is 3.35. The molecule has 0 spiro atoms. The van der Waals surface area contributed by atoms with Crippen LogP contribution in [0.4, 0.5) is 0 Å². The van der Waals surface area contributed by atoms with E-state index in [1.807, 2.05) is 13.2 Å². The topological polar surface area (TPSA) is 63.6 Å². The molecular formula is C12H14O4S. The van der Waals surface area contributed by atoms with E-state index in [1.165, 1.54) is 18.9 Å². The Morgan fingerprint density at radius 3 is 2.47 bits per heavy atom. The minimum absolute atomic E-state index is 0.0987. The predicted octanol–water partition coefficient (Wildman–Crippen LogP) is 2.25. The normalized spacial score (nSPS) is 10.1. The molecule has 0 fully saturated rings. The van der Waals surface area contributed by atoms with Gasteiger partial charge in [0.2, 0.25) is 0 Å². The summed E-state index contributed by atoms with van der Waals surface area (Å²) in [6, 6.07) is 3.31. The number of aliphatic carboxylic acids is 1. The van der Waals surface area contributed by atoms with Gasteiger partial charge in [0, 0.05) is 4.90 Å². The van der Waals surface area contributed by atoms with Gasteiger partial charge in [0.05, 0.1) is 12.7 Å². The molecule has 0 atom stereocenters. The van der Waals surface area contributed by atoms with Gasteiger partial charge in [-0.2, -0.15) is 0 Å². The van der Waals surface area contributed by atoms with E-state index in [9.17, 15) is 9.59 Å². The smallest absolute Gasteiger partial charge is 0.377 e. The van der Waals surface area contributed by atoms with Crippen molar-refractivity contribution in [3.8, 4) is 5.75 Å². The van der Waals surface area contributed by atoms with E-state index in [-0.39, 0.29) is 5.56 Å². The summed E-state index contributed by atoms with van der Waals surface area (Å²) in [5.74, 6) is -2.11. The molecule has 0 amide bonds. The highest BCUT2D eigenvalue weighted by Gasteiger charge is 2.21. The van der Waals surface area contributed by atoms with E-state index in [4.69, 9.17) is 9.84 Å². The van der Waals surface area contributed by atoms with Gasteiger partial charge in [-0.15, -0.1) is 11.8 Å². The number of Topliss-reactive ketones (excluding diaryl/α,β-unsaturated/α-hetero) is 1. The lowest BCUT2D eigenvalue weighted by atomic mass is 10.0. The van der Waals surface area contributed by atoms with Crippen LogP contribution in [0.15, 0.2) is 17.0 Å². The van der Waals surface area contributed by atoms with Crippen molar-refractivity contribution in [1.29, 1.82) is 0 Å². The highest BCUT2D eigenvalue weighted by molar-refractivity contribution is 7.98. The summed E-state index contributed by atoms with van der Waals surface area (Å²) in [6.45, 7) is 1.99. The Morgan fingerprint density at radius 1 is 1.41 bits per heavy atom. The zero-order chi connectivity index (χ0) is 13.0. The highest BCUT2D eigenvalue weighted by Crippen LogP contribution is 2.30. The van der Waals surface area contributed by atoms with Crippen LogP contribution in [0.2, 0.25) is 0 Å². The molecule has 1 N–H and O–H groups in total. The third-order valence-corrected chi connectivity index (χ3v) is 3.24. The molecule has 0 aliphatic carbocycles. The summed E-state index contributed by atoms with van der Waals surface area (Å²) in [5, 5.41) is 8.73. The summed E-state index contributed by atoms with van der Waals surface area (Å²) in [6.07, 6.45) is 2.68. The van der Waals surface area contributed by atoms with Crippen molar-refractivity contribution < 1.29 is 19.4 Å². The third-order valence-electron chi connectivity index (χ3n) is 2.42. The number of methoxy groups -OCH3 is 1. The third kappa shape index (κ3) is 2.79. The average Bonchev–Trinajstić information content (AvgIpc) is 2.35. The number of hydrogen-bond donors (Lipinski definition) is 1. The predicted molar refractivity (Wildman–Crippen MR) is 66.1 cm³/mol. The van der Waals surface area contributed by atoms with Crippen molar-refractivity contribution in [2.24, 2.45) is 0 Å². The van der Waals surface area contributed by atoms with E-state index in [1.54, 1.807) is 12.1 Å². The van der Waals surface area contributed by atoms with Gasteiger partial charge in [0.15, 0.2) is 0 Å². The monoisotopic (exact) mass is 254 g/mol. The van der Waals surface area contributed by atoms with E-state index < -0.39 is 11.8 Å². The molecule has 0 heterocycles. The molecule has 0 saturated carbocycles. The molecule has 0 radical (unpaired) electrons. The average molecular weight is 254 g/mol. The Labute approximate surface area is 104 Å². The maximum atomic E-state index is 11.5. The first-order valence-electron chi connectivity index (χ1n) is 5.07. The van der Waals surface area contributed by atoms with Gasteiger partial charge in [-0.05, 0) is 30.4 Å². The van der Waals surface area contributed by atoms with Gasteiger partial charge in [0.1, 0.15) is 5.75 Å². The lowest BCUT2D eigenvalue weighted by Gasteiger charge is -2.11. The molecule has 17 heavy (non-hydrogen) atoms. The van der Waals surface area contributed by atoms with E-state index >= 15 is 0 Å². The van der Waals surface area contributed by atoms with Crippen LogP contribution < -0.4 is 4.74 Å². The van der Waals surface area contributed by atoms with E-state index in [2.05, 4.69) is 0 Å². The number of carboxylic acid groups (broad SMARTS) is 1. The Balaban J connectivity index is 3.38. The van der Waals surface area contributed by atoms with Crippen molar-refractivity contribution in [3.63, 3.8) is 0 Å². The molecule has 1 aromatic rings. The van der Waals surface area contributed by atoms with E-state index in [0.29, 0.717) is 5.75 Å². The van der Waals surface area contributed by atoms with Crippen LogP contribution >= 0.6 is 11.8 Å². The van der Waals surface area contributed by atoms with Crippen molar-refractivity contribution in [2.45, 2.75) is 18.2 Å². The number of ether oxygens (including phenoxy) is 1. The molecule has 4 nitrogen and oxygen atoms in total. The number of ketones is 1. The minimum Gasteiger partial charge on any atom is -0.496 e. The first-order valence-corrected chi connectivity index (χ1v) is 6.30. The van der Waals surface area contributed by atoms with Crippen LogP contribution in [-0.4, -0.2) is 30.2 Å². The lowest BCUT2D eigenvalue weighted by molar-refractivity contribution is -0.131. The summed E-state index contributed by atoms with van der Waals surface area (Å²) in [4.78, 5) is 23.1. The van der Waals surface area contributed by atoms with Crippen LogP contribution in [-0.2, 0) is 11.2 Å². The number of aryl methyl sites for hydroxylation is 1. The first-order chi connectivity index (χ1) is 8.04. The highest BCUT2D eigenvalue weighted by atomic mass is 32.2. The zero-order valence-electron chi connectivity index (χ0n) is 9.94. The fourth-order valence-electron chi connectivity index (χ4n) is 1.53. The summed E-state index contributed by atoms with van der Waals surface area (Å²) in [5.41, 5.74) is 1.14. The van der Waals surface area contributed by atoms with Crippen LogP contribution in [0.5, 0.6) is 5.75 Å². The standard InChI is InChI=1S/C12H14O4S/c1-4-7-5-9(16-2)8(6-10(7)17-3)11(13)12(14)15/h5-6H,4H2,1-3H3,(H,14,15). The molecule has 0 saturated heterocycles. The number of benzene rings is 1.